The van der Waals surface area contributed by atoms with E-state index in [2.05, 4.69) is 22.5 Å². The van der Waals surface area contributed by atoms with Gasteiger partial charge in [0, 0.05) is 24.3 Å². The molecular weight excluding hydrogens is 531 g/mol. The largest absolute Gasteiger partial charge is 0.417 e. The average molecular weight is 566 g/mol. The molecule has 2 N–H and O–H groups in total. The van der Waals surface area contributed by atoms with Gasteiger partial charge in [-0.15, -0.1) is 0 Å². The number of fused-ring (bicyclic) bond motifs is 3. The van der Waals surface area contributed by atoms with Crippen LogP contribution in [-0.4, -0.2) is 37.8 Å². The summed E-state index contributed by atoms with van der Waals surface area (Å²) in [6.07, 6.45) is 0.346. The minimum Gasteiger partial charge on any atom is -0.410 e. The third-order valence-corrected chi connectivity index (χ3v) is 7.68. The molecule has 2 aliphatic rings. The molecular formula is C32H34F3N3O3. The number of hydrogen-bond donors (Lipinski definition) is 2. The number of hydrogen-bond acceptors (Lipinski definition) is 4. The van der Waals surface area contributed by atoms with Crippen molar-refractivity contribution < 1.29 is 27.5 Å². The van der Waals surface area contributed by atoms with E-state index in [1.54, 1.807) is 36.4 Å². The van der Waals surface area contributed by atoms with Gasteiger partial charge in [0.2, 0.25) is 5.91 Å². The van der Waals surface area contributed by atoms with Gasteiger partial charge in [0.05, 0.1) is 11.6 Å². The van der Waals surface area contributed by atoms with Crippen LogP contribution in [-0.2, 0) is 11.2 Å². The Morgan fingerprint density at radius 1 is 1.00 bits per heavy atom. The fraction of sp³-hybridized carbons (Fsp3) is 0.375. The normalized spacial score (nSPS) is 16.1. The van der Waals surface area contributed by atoms with Crippen molar-refractivity contribution in [2.45, 2.75) is 57.5 Å². The number of benzene rings is 3. The summed E-state index contributed by atoms with van der Waals surface area (Å²) in [5.41, 5.74) is 4.99. The lowest BCUT2D eigenvalue weighted by Gasteiger charge is -2.33. The van der Waals surface area contributed by atoms with Gasteiger partial charge in [-0.3, -0.25) is 10.1 Å². The molecule has 1 unspecified atom stereocenters. The third kappa shape index (κ3) is 6.34. The van der Waals surface area contributed by atoms with E-state index >= 15 is 0 Å². The van der Waals surface area contributed by atoms with Gasteiger partial charge in [0.25, 0.3) is 0 Å². The molecule has 1 atom stereocenters. The molecule has 3 aromatic carbocycles. The number of anilines is 2. The Morgan fingerprint density at radius 3 is 2.41 bits per heavy atom. The second-order valence-corrected chi connectivity index (χ2v) is 10.5. The predicted molar refractivity (Wildman–Crippen MR) is 154 cm³/mol. The molecule has 0 aromatic heterocycles. The van der Waals surface area contributed by atoms with Crippen molar-refractivity contribution in [2.24, 2.45) is 0 Å². The highest BCUT2D eigenvalue weighted by Crippen LogP contribution is 2.53. The first-order chi connectivity index (χ1) is 19.8. The van der Waals surface area contributed by atoms with Crippen LogP contribution in [0.1, 0.15) is 61.6 Å². The van der Waals surface area contributed by atoms with E-state index in [9.17, 15) is 22.8 Å². The molecule has 1 heterocycles. The maximum atomic E-state index is 13.6. The van der Waals surface area contributed by atoms with Gasteiger partial charge >= 0.3 is 12.3 Å². The van der Waals surface area contributed by atoms with Gasteiger partial charge in [-0.25, -0.2) is 4.79 Å². The van der Waals surface area contributed by atoms with Crippen LogP contribution in [0.3, 0.4) is 0 Å². The number of ether oxygens (including phenoxy) is 1. The lowest BCUT2D eigenvalue weighted by Crippen LogP contribution is -2.37. The Labute approximate surface area is 237 Å². The van der Waals surface area contributed by atoms with Gasteiger partial charge in [-0.2, -0.15) is 13.2 Å². The number of unbranched alkanes of at least 4 members (excludes halogenated alkanes) is 1. The molecule has 5 rings (SSSR count). The predicted octanol–water partition coefficient (Wildman–Crippen LogP) is 7.42. The molecule has 0 saturated carbocycles. The van der Waals surface area contributed by atoms with E-state index in [0.29, 0.717) is 40.1 Å². The van der Waals surface area contributed by atoms with Crippen molar-refractivity contribution in [3.63, 3.8) is 0 Å². The fourth-order valence-corrected chi connectivity index (χ4v) is 5.90. The summed E-state index contributed by atoms with van der Waals surface area (Å²) >= 11 is 0. The van der Waals surface area contributed by atoms with Crippen LogP contribution >= 0.6 is 0 Å². The molecule has 2 amide bonds. The summed E-state index contributed by atoms with van der Waals surface area (Å²) in [6, 6.07) is 17.9. The highest BCUT2D eigenvalue weighted by Gasteiger charge is 2.40. The molecule has 41 heavy (non-hydrogen) atoms. The SMILES string of the molecule is CCCCc1c(N2CCCCC2)cc(NC(=O)Oc2ccccc2)c2c1C(C(=O)NCC(F)(F)F)c1ccccc1-2. The highest BCUT2D eigenvalue weighted by atomic mass is 19.4. The number of rotatable bonds is 8. The Kier molecular flexibility index (Phi) is 8.52. The Balaban J connectivity index is 1.66. The second-order valence-electron chi connectivity index (χ2n) is 10.5. The molecule has 1 aliphatic carbocycles. The van der Waals surface area contributed by atoms with Crippen molar-refractivity contribution in [2.75, 3.05) is 29.9 Å². The van der Waals surface area contributed by atoms with Crippen molar-refractivity contribution in [1.29, 1.82) is 0 Å². The van der Waals surface area contributed by atoms with Crippen LogP contribution < -0.4 is 20.3 Å². The molecule has 1 saturated heterocycles. The number of alkyl halides is 3. The first-order valence-corrected chi connectivity index (χ1v) is 14.2. The maximum Gasteiger partial charge on any atom is 0.417 e. The lowest BCUT2D eigenvalue weighted by molar-refractivity contribution is -0.138. The molecule has 1 aliphatic heterocycles. The highest BCUT2D eigenvalue weighted by molar-refractivity contribution is 6.04. The number of piperidine rings is 1. The minimum atomic E-state index is -4.54. The number of carbonyl (C=O) groups excluding carboxylic acids is 2. The number of para-hydroxylation sites is 1. The Morgan fingerprint density at radius 2 is 1.71 bits per heavy atom. The smallest absolute Gasteiger partial charge is 0.410 e. The van der Waals surface area contributed by atoms with Crippen molar-refractivity contribution in [3.05, 3.63) is 77.4 Å². The zero-order valence-corrected chi connectivity index (χ0v) is 23.0. The van der Waals surface area contributed by atoms with E-state index in [-0.39, 0.29) is 0 Å². The van der Waals surface area contributed by atoms with Gasteiger partial charge in [-0.05, 0) is 72.6 Å². The summed E-state index contributed by atoms with van der Waals surface area (Å²) in [7, 11) is 0. The van der Waals surface area contributed by atoms with Crippen LogP contribution in [0.5, 0.6) is 5.75 Å². The molecule has 9 heteroatoms. The molecule has 1 fully saturated rings. The fourth-order valence-electron chi connectivity index (χ4n) is 5.90. The quantitative estimate of drug-likeness (QED) is 0.298. The van der Waals surface area contributed by atoms with Crippen molar-refractivity contribution >= 4 is 23.4 Å². The van der Waals surface area contributed by atoms with E-state index in [0.717, 1.165) is 56.4 Å². The Bertz CT molecular complexity index is 1400. The minimum absolute atomic E-state index is 0.377. The van der Waals surface area contributed by atoms with E-state index in [1.807, 2.05) is 24.3 Å². The monoisotopic (exact) mass is 565 g/mol. The zero-order valence-electron chi connectivity index (χ0n) is 23.0. The number of nitrogens with zero attached hydrogens (tertiary/aromatic N) is 1. The summed E-state index contributed by atoms with van der Waals surface area (Å²) in [4.78, 5) is 29.0. The topological polar surface area (TPSA) is 70.7 Å². The standard InChI is InChI=1S/C32H34F3N3O3/c1-2-3-14-24-26(38-17-10-5-11-18-38)19-25(37-31(40)41-21-12-6-4-7-13-21)27-22-15-8-9-16-23(22)29(28(24)27)30(39)36-20-32(33,34)35/h4,6-9,12-13,15-16,19,29H,2-3,5,10-11,14,17-18,20H2,1H3,(H,36,39)(H,37,40). The van der Waals surface area contributed by atoms with E-state index in [1.165, 1.54) is 0 Å². The van der Waals surface area contributed by atoms with Crippen LogP contribution in [0.4, 0.5) is 29.3 Å². The van der Waals surface area contributed by atoms with Crippen molar-refractivity contribution in [1.82, 2.24) is 5.32 Å². The molecule has 3 aromatic rings. The van der Waals surface area contributed by atoms with Gasteiger partial charge in [0.15, 0.2) is 0 Å². The van der Waals surface area contributed by atoms with Crippen LogP contribution in [0.15, 0.2) is 60.7 Å². The molecule has 0 radical (unpaired) electrons. The van der Waals surface area contributed by atoms with Gasteiger partial charge in [-0.1, -0.05) is 55.8 Å². The number of halogens is 3. The first-order valence-electron chi connectivity index (χ1n) is 14.2. The van der Waals surface area contributed by atoms with E-state index < -0.39 is 30.6 Å². The van der Waals surface area contributed by atoms with Crippen LogP contribution in [0.2, 0.25) is 0 Å². The van der Waals surface area contributed by atoms with Crippen LogP contribution in [0, 0.1) is 0 Å². The summed E-state index contributed by atoms with van der Waals surface area (Å²) in [6.45, 7) is 2.32. The average Bonchev–Trinajstić information content (AvgIpc) is 3.31. The second kappa shape index (κ2) is 12.2. The third-order valence-electron chi connectivity index (χ3n) is 7.68. The summed E-state index contributed by atoms with van der Waals surface area (Å²) in [5.74, 6) is -1.27. The summed E-state index contributed by atoms with van der Waals surface area (Å²) in [5, 5.41) is 5.04. The first kappa shape index (κ1) is 28.5. The zero-order chi connectivity index (χ0) is 29.0. The van der Waals surface area contributed by atoms with Gasteiger partial charge in [0.1, 0.15) is 12.3 Å². The molecule has 0 bridgehead atoms. The maximum absolute atomic E-state index is 13.6. The number of carbonyl (C=O) groups is 2. The van der Waals surface area contributed by atoms with Crippen LogP contribution in [0.25, 0.3) is 11.1 Å². The van der Waals surface area contributed by atoms with Crippen molar-refractivity contribution in [3.8, 4) is 16.9 Å². The molecule has 0 spiro atoms. The van der Waals surface area contributed by atoms with E-state index in [4.69, 9.17) is 4.74 Å². The summed E-state index contributed by atoms with van der Waals surface area (Å²) < 4.78 is 45.0. The van der Waals surface area contributed by atoms with Gasteiger partial charge < -0.3 is 15.0 Å². The lowest BCUT2D eigenvalue weighted by atomic mass is 9.87. The Hall–Kier alpha value is -4.01. The number of amides is 2. The molecule has 216 valence electrons. The molecule has 6 nitrogen and oxygen atoms in total. The number of nitrogens with one attached hydrogen (secondary N) is 2.